The monoisotopic (exact) mass is 284 g/mol. The standard InChI is InChI=1S/C16H16N2O3/c1-12-6-2-3-8-14(12)18(11-9-15(19)20)16(21)13-7-4-5-10-17-13/h2-8,10H,9,11H2,1H3,(H,19,20). The molecule has 2 rings (SSSR count). The van der Waals surface area contributed by atoms with Crippen molar-refractivity contribution in [3.63, 3.8) is 0 Å². The van der Waals surface area contributed by atoms with Gasteiger partial charge in [0.05, 0.1) is 6.42 Å². The number of carboxylic acids is 1. The molecule has 0 atom stereocenters. The first-order valence-corrected chi connectivity index (χ1v) is 6.60. The SMILES string of the molecule is Cc1ccccc1N(CCC(=O)O)C(=O)c1ccccn1. The third-order valence-corrected chi connectivity index (χ3v) is 3.08. The zero-order valence-corrected chi connectivity index (χ0v) is 11.7. The molecule has 0 bridgehead atoms. The lowest BCUT2D eigenvalue weighted by molar-refractivity contribution is -0.136. The zero-order valence-electron chi connectivity index (χ0n) is 11.7. The number of anilines is 1. The molecule has 0 aliphatic heterocycles. The van der Waals surface area contributed by atoms with Crippen LogP contribution in [0.15, 0.2) is 48.7 Å². The van der Waals surface area contributed by atoms with E-state index in [9.17, 15) is 9.59 Å². The number of amides is 1. The van der Waals surface area contributed by atoms with Gasteiger partial charge in [-0.2, -0.15) is 0 Å². The number of rotatable bonds is 5. The lowest BCUT2D eigenvalue weighted by atomic mass is 10.1. The van der Waals surface area contributed by atoms with Crippen LogP contribution < -0.4 is 4.90 Å². The first-order valence-electron chi connectivity index (χ1n) is 6.60. The lowest BCUT2D eigenvalue weighted by Gasteiger charge is -2.23. The number of aryl methyl sites for hydroxylation is 1. The minimum atomic E-state index is -0.942. The van der Waals surface area contributed by atoms with Crippen LogP contribution >= 0.6 is 0 Å². The number of pyridine rings is 1. The molecule has 0 radical (unpaired) electrons. The van der Waals surface area contributed by atoms with Gasteiger partial charge in [0, 0.05) is 18.4 Å². The van der Waals surface area contributed by atoms with Crippen LogP contribution in [0.5, 0.6) is 0 Å². The number of carbonyl (C=O) groups is 2. The number of hydrogen-bond donors (Lipinski definition) is 1. The molecule has 1 aromatic heterocycles. The van der Waals surface area contributed by atoms with Crippen molar-refractivity contribution in [1.29, 1.82) is 0 Å². The van der Waals surface area contributed by atoms with E-state index in [4.69, 9.17) is 5.11 Å². The fraction of sp³-hybridized carbons (Fsp3) is 0.188. The first kappa shape index (κ1) is 14.7. The summed E-state index contributed by atoms with van der Waals surface area (Å²) >= 11 is 0. The van der Waals surface area contributed by atoms with Crippen molar-refractivity contribution in [3.05, 3.63) is 59.9 Å². The fourth-order valence-electron chi connectivity index (χ4n) is 2.03. The Bertz CT molecular complexity index is 641. The maximum atomic E-state index is 12.6. The summed E-state index contributed by atoms with van der Waals surface area (Å²) in [6.07, 6.45) is 1.42. The zero-order chi connectivity index (χ0) is 15.2. The molecule has 0 spiro atoms. The van der Waals surface area contributed by atoms with E-state index >= 15 is 0 Å². The maximum Gasteiger partial charge on any atom is 0.305 e. The van der Waals surface area contributed by atoms with Crippen LogP contribution in [0, 0.1) is 6.92 Å². The van der Waals surface area contributed by atoms with E-state index in [1.807, 2.05) is 25.1 Å². The summed E-state index contributed by atoms with van der Waals surface area (Å²) < 4.78 is 0. The Morgan fingerprint density at radius 3 is 2.48 bits per heavy atom. The van der Waals surface area contributed by atoms with Gasteiger partial charge in [-0.1, -0.05) is 24.3 Å². The number of benzene rings is 1. The predicted octanol–water partition coefficient (Wildman–Crippen LogP) is 2.51. The average molecular weight is 284 g/mol. The molecular weight excluding hydrogens is 268 g/mol. The largest absolute Gasteiger partial charge is 0.481 e. The fourth-order valence-corrected chi connectivity index (χ4v) is 2.03. The quantitative estimate of drug-likeness (QED) is 0.915. The summed E-state index contributed by atoms with van der Waals surface area (Å²) in [6, 6.07) is 12.5. The highest BCUT2D eigenvalue weighted by Crippen LogP contribution is 2.21. The molecule has 108 valence electrons. The molecule has 21 heavy (non-hydrogen) atoms. The highest BCUT2D eigenvalue weighted by molar-refractivity contribution is 6.05. The Hall–Kier alpha value is -2.69. The van der Waals surface area contributed by atoms with Gasteiger partial charge in [0.15, 0.2) is 0 Å². The second-order valence-corrected chi connectivity index (χ2v) is 4.60. The van der Waals surface area contributed by atoms with Crippen molar-refractivity contribution in [3.8, 4) is 0 Å². The smallest absolute Gasteiger partial charge is 0.305 e. The Morgan fingerprint density at radius 1 is 1.14 bits per heavy atom. The van der Waals surface area contributed by atoms with E-state index < -0.39 is 5.97 Å². The summed E-state index contributed by atoms with van der Waals surface area (Å²) in [5.41, 5.74) is 1.91. The molecule has 0 aliphatic rings. The van der Waals surface area contributed by atoms with Crippen molar-refractivity contribution < 1.29 is 14.7 Å². The second kappa shape index (κ2) is 6.65. The van der Waals surface area contributed by atoms with Gasteiger partial charge < -0.3 is 10.0 Å². The summed E-state index contributed by atoms with van der Waals surface area (Å²) in [4.78, 5) is 28.9. The van der Waals surface area contributed by atoms with Gasteiger partial charge in [0.25, 0.3) is 5.91 Å². The first-order chi connectivity index (χ1) is 10.1. The minimum absolute atomic E-state index is 0.107. The van der Waals surface area contributed by atoms with Gasteiger partial charge in [0.2, 0.25) is 0 Å². The van der Waals surface area contributed by atoms with Crippen LogP contribution in [0.4, 0.5) is 5.69 Å². The molecular formula is C16H16N2O3. The van der Waals surface area contributed by atoms with Crippen LogP contribution in [-0.2, 0) is 4.79 Å². The van der Waals surface area contributed by atoms with E-state index in [0.717, 1.165) is 5.56 Å². The van der Waals surface area contributed by atoms with Crippen molar-refractivity contribution in [2.24, 2.45) is 0 Å². The maximum absolute atomic E-state index is 12.6. The molecule has 5 nitrogen and oxygen atoms in total. The van der Waals surface area contributed by atoms with Crippen molar-refractivity contribution in [2.45, 2.75) is 13.3 Å². The topological polar surface area (TPSA) is 70.5 Å². The molecule has 1 aromatic carbocycles. The summed E-state index contributed by atoms with van der Waals surface area (Å²) in [7, 11) is 0. The molecule has 5 heteroatoms. The van der Waals surface area contributed by atoms with Gasteiger partial charge in [-0.05, 0) is 30.7 Å². The number of aromatic nitrogens is 1. The van der Waals surface area contributed by atoms with Gasteiger partial charge >= 0.3 is 5.97 Å². The third kappa shape index (κ3) is 3.66. The highest BCUT2D eigenvalue weighted by Gasteiger charge is 2.20. The second-order valence-electron chi connectivity index (χ2n) is 4.60. The Morgan fingerprint density at radius 2 is 1.86 bits per heavy atom. The summed E-state index contributed by atoms with van der Waals surface area (Å²) in [6.45, 7) is 1.99. The molecule has 0 saturated heterocycles. The minimum Gasteiger partial charge on any atom is -0.481 e. The number of nitrogens with zero attached hydrogens (tertiary/aromatic N) is 2. The van der Waals surface area contributed by atoms with E-state index in [-0.39, 0.29) is 18.9 Å². The van der Waals surface area contributed by atoms with E-state index in [0.29, 0.717) is 11.4 Å². The van der Waals surface area contributed by atoms with E-state index in [2.05, 4.69) is 4.98 Å². The molecule has 1 N–H and O–H groups in total. The lowest BCUT2D eigenvalue weighted by Crippen LogP contribution is -2.34. The summed E-state index contributed by atoms with van der Waals surface area (Å²) in [5, 5.41) is 8.88. The van der Waals surface area contributed by atoms with Crippen LogP contribution in [0.1, 0.15) is 22.5 Å². The molecule has 0 saturated carbocycles. The Kier molecular flexibility index (Phi) is 4.66. The van der Waals surface area contributed by atoms with Gasteiger partial charge in [-0.3, -0.25) is 14.6 Å². The average Bonchev–Trinajstić information content (AvgIpc) is 2.49. The van der Waals surface area contributed by atoms with Crippen LogP contribution in [-0.4, -0.2) is 28.5 Å². The number of para-hydroxylation sites is 1. The number of aliphatic carboxylic acids is 1. The normalized spacial score (nSPS) is 10.1. The summed E-state index contributed by atoms with van der Waals surface area (Å²) in [5.74, 6) is -1.24. The molecule has 1 amide bonds. The number of carbonyl (C=O) groups excluding carboxylic acids is 1. The molecule has 0 unspecified atom stereocenters. The van der Waals surface area contributed by atoms with Gasteiger partial charge in [-0.15, -0.1) is 0 Å². The highest BCUT2D eigenvalue weighted by atomic mass is 16.4. The molecule has 1 heterocycles. The van der Waals surface area contributed by atoms with Crippen LogP contribution in [0.3, 0.4) is 0 Å². The van der Waals surface area contributed by atoms with Gasteiger partial charge in [-0.25, -0.2) is 0 Å². The number of hydrogen-bond acceptors (Lipinski definition) is 3. The van der Waals surface area contributed by atoms with Crippen LogP contribution in [0.2, 0.25) is 0 Å². The van der Waals surface area contributed by atoms with Crippen LogP contribution in [0.25, 0.3) is 0 Å². The van der Waals surface area contributed by atoms with Gasteiger partial charge in [0.1, 0.15) is 5.69 Å². The Labute approximate surface area is 122 Å². The van der Waals surface area contributed by atoms with E-state index in [1.54, 1.807) is 30.5 Å². The molecule has 0 fully saturated rings. The predicted molar refractivity (Wildman–Crippen MR) is 79.3 cm³/mol. The van der Waals surface area contributed by atoms with Crippen molar-refractivity contribution in [1.82, 2.24) is 4.98 Å². The third-order valence-electron chi connectivity index (χ3n) is 3.08. The number of carboxylic acid groups (broad SMARTS) is 1. The van der Waals surface area contributed by atoms with Crippen molar-refractivity contribution >= 4 is 17.6 Å². The van der Waals surface area contributed by atoms with E-state index in [1.165, 1.54) is 4.90 Å². The molecule has 0 aliphatic carbocycles. The van der Waals surface area contributed by atoms with Crippen molar-refractivity contribution in [2.75, 3.05) is 11.4 Å². The Balaban J connectivity index is 2.34. The molecule has 2 aromatic rings.